The minimum absolute atomic E-state index is 0.0155. The zero-order chi connectivity index (χ0) is 55.0. The van der Waals surface area contributed by atoms with Crippen LogP contribution < -0.4 is 61.4 Å². The first-order valence-corrected chi connectivity index (χ1v) is 38.8. The van der Waals surface area contributed by atoms with E-state index in [1.165, 1.54) is 0 Å². The minimum atomic E-state index is -3.63. The van der Waals surface area contributed by atoms with Crippen molar-refractivity contribution in [2.75, 3.05) is 0 Å². The van der Waals surface area contributed by atoms with E-state index in [1.807, 2.05) is 0 Å². The van der Waals surface area contributed by atoms with Gasteiger partial charge in [-0.1, -0.05) is 77.0 Å². The molecular weight excluding hydrogens is 1100 g/mol. The molecule has 20 nitrogen and oxygen atoms in total. The maximum Gasteiger partial charge on any atom is 0.214 e. The van der Waals surface area contributed by atoms with E-state index in [1.54, 1.807) is 0 Å². The number of hydrogen-bond acceptors (Lipinski definition) is 16. The lowest BCUT2D eigenvalue weighted by Gasteiger charge is -2.39. The van der Waals surface area contributed by atoms with Crippen molar-refractivity contribution in [3.8, 4) is 0 Å². The van der Waals surface area contributed by atoms with Crippen LogP contribution in [0.1, 0.15) is 205 Å². The third-order valence-corrected chi connectivity index (χ3v) is 31.3. The van der Waals surface area contributed by atoms with Crippen LogP contribution in [0.5, 0.6) is 0 Å². The van der Waals surface area contributed by atoms with Gasteiger partial charge in [0.1, 0.15) is 0 Å². The Balaban J connectivity index is 0.824. The first-order chi connectivity index (χ1) is 38.5. The summed E-state index contributed by atoms with van der Waals surface area (Å²) >= 11 is 0. The first kappa shape index (κ1) is 58.3. The number of fused-ring (bicyclic) bond motifs is 20. The van der Waals surface area contributed by atoms with Gasteiger partial charge in [-0.3, -0.25) is 42.5 Å². The highest BCUT2D eigenvalue weighted by atomic mass is 32.2. The number of sulfonamides is 4. The van der Waals surface area contributed by atoms with E-state index < -0.39 is 61.1 Å². The summed E-state index contributed by atoms with van der Waals surface area (Å²) in [5, 5.41) is 30.5. The molecule has 20 atom stereocenters. The fourth-order valence-electron chi connectivity index (χ4n) is 19.2. The van der Waals surface area contributed by atoms with Gasteiger partial charge in [-0.15, -0.1) is 0 Å². The SMILES string of the molecule is O=S(=O)(NC1CCCCC1)C1CCC2C3NC4NC(NC5NC(NC6NC(NC(N3)C2C1)C1CCC(S(=O)(=O)NC2CCCCC2)CC61)C1CC(S(=O)(=O)NC2CCCCC2)CCC51)C1CC(S(=O)(=O)NC2CCCCC2)CCC41. The lowest BCUT2D eigenvalue weighted by atomic mass is 9.76. The van der Waals surface area contributed by atoms with Crippen LogP contribution in [0.25, 0.3) is 0 Å². The summed E-state index contributed by atoms with van der Waals surface area (Å²) in [6, 6.07) is -0.0914. The largest absolute Gasteiger partial charge is 0.286 e. The Morgan fingerprint density at radius 2 is 0.388 bits per heavy atom. The number of nitrogens with one attached hydrogen (secondary N) is 12. The Morgan fingerprint density at radius 3 is 0.575 bits per heavy atom. The van der Waals surface area contributed by atoms with Crippen molar-refractivity contribution < 1.29 is 33.7 Å². The summed E-state index contributed by atoms with van der Waals surface area (Å²) in [7, 11) is -14.5. The lowest BCUT2D eigenvalue weighted by molar-refractivity contribution is 0.168. The molecule has 8 bridgehead atoms. The average Bonchev–Trinajstić information content (AvgIpc) is 4.33. The fraction of sp³-hybridized carbons (Fsp3) is 1.00. The number of hydrogen-bond donors (Lipinski definition) is 12. The summed E-state index contributed by atoms with van der Waals surface area (Å²) < 4.78 is 128. The van der Waals surface area contributed by atoms with Gasteiger partial charge in [0.25, 0.3) is 0 Å². The van der Waals surface area contributed by atoms with Crippen molar-refractivity contribution in [2.24, 2.45) is 47.3 Å². The molecule has 0 spiro atoms. The molecule has 13 rings (SSSR count). The number of rotatable bonds is 12. The lowest BCUT2D eigenvalue weighted by Crippen LogP contribution is -2.61. The van der Waals surface area contributed by atoms with Crippen molar-refractivity contribution in [3.05, 3.63) is 0 Å². The molecule has 5 saturated heterocycles. The van der Waals surface area contributed by atoms with Crippen LogP contribution in [0.2, 0.25) is 0 Å². The third kappa shape index (κ3) is 12.3. The molecule has 0 aromatic carbocycles. The Kier molecular flexibility index (Phi) is 17.6. The molecule has 0 aromatic rings. The van der Waals surface area contributed by atoms with Gasteiger partial charge >= 0.3 is 0 Å². The average molecular weight is 1200 g/mol. The second-order valence-corrected chi connectivity index (χ2v) is 36.2. The highest BCUT2D eigenvalue weighted by Crippen LogP contribution is 2.48. The van der Waals surface area contributed by atoms with Gasteiger partial charge in [0, 0.05) is 24.2 Å². The third-order valence-electron chi connectivity index (χ3n) is 23.4. The molecule has 5 heterocycles. The molecule has 80 heavy (non-hydrogen) atoms. The minimum Gasteiger partial charge on any atom is -0.286 e. The van der Waals surface area contributed by atoms with Gasteiger partial charge < -0.3 is 0 Å². The van der Waals surface area contributed by atoms with E-state index in [2.05, 4.69) is 61.4 Å². The van der Waals surface area contributed by atoms with Gasteiger partial charge in [0.15, 0.2) is 0 Å². The molecule has 8 saturated carbocycles. The molecule has 20 unspecified atom stereocenters. The molecule has 5 aliphatic heterocycles. The van der Waals surface area contributed by atoms with Gasteiger partial charge in [-0.05, 0) is 176 Å². The van der Waals surface area contributed by atoms with E-state index in [9.17, 15) is 33.7 Å². The molecule has 456 valence electrons. The van der Waals surface area contributed by atoms with Gasteiger partial charge in [-0.2, -0.15) is 0 Å². The standard InChI is InChI=1S/C56H100N12O8S4/c69-77(70,65-33-13-5-1-6-14-33)37-21-25-41-45(29-37)53-58-49(41)57-50-42-26-22-38(78(71,72)66-34-15-7-2-8-16-34)30-46(42)54(59-50)61-52-44-28-24-40(80(75,76)68-36-19-11-4-12-20-36)32-48(44)56(63-52)64-55-47-31-39(23-27-43(47)51(60-53)62-55)79(73,74)67-35-17-9-3-10-18-35/h33-68H,1-32H2. The monoisotopic (exact) mass is 1200 g/mol. The van der Waals surface area contributed by atoms with Gasteiger partial charge in [0.2, 0.25) is 40.1 Å². The first-order valence-electron chi connectivity index (χ1n) is 32.7. The van der Waals surface area contributed by atoms with Crippen LogP contribution in [0, 0.1) is 47.3 Å². The zero-order valence-electron chi connectivity index (χ0n) is 47.4. The molecule has 12 N–H and O–H groups in total. The van der Waals surface area contributed by atoms with Crippen molar-refractivity contribution in [3.63, 3.8) is 0 Å². The molecule has 13 fully saturated rings. The summed E-state index contributed by atoms with van der Waals surface area (Å²) in [4.78, 5) is 0. The van der Waals surface area contributed by atoms with Crippen molar-refractivity contribution in [1.82, 2.24) is 61.4 Å². The van der Waals surface area contributed by atoms with Crippen molar-refractivity contribution >= 4 is 40.1 Å². The van der Waals surface area contributed by atoms with Crippen LogP contribution in [-0.4, -0.2) is 128 Å². The predicted octanol–water partition coefficient (Wildman–Crippen LogP) is 3.53. The Morgan fingerprint density at radius 1 is 0.212 bits per heavy atom. The van der Waals surface area contributed by atoms with Gasteiger partial charge in [0.05, 0.1) is 70.3 Å². The predicted molar refractivity (Wildman–Crippen MR) is 310 cm³/mol. The maximum absolute atomic E-state index is 14.5. The highest BCUT2D eigenvalue weighted by molar-refractivity contribution is 7.91. The molecule has 13 aliphatic rings. The molecule has 0 aromatic heterocycles. The Hall–Kier alpha value is -0.680. The molecular formula is C56H100N12O8S4. The smallest absolute Gasteiger partial charge is 0.214 e. The quantitative estimate of drug-likeness (QED) is 0.133. The van der Waals surface area contributed by atoms with E-state index in [0.29, 0.717) is 64.2 Å². The maximum atomic E-state index is 14.5. The van der Waals surface area contributed by atoms with E-state index in [-0.39, 0.29) is 121 Å². The van der Waals surface area contributed by atoms with Gasteiger partial charge in [-0.25, -0.2) is 52.6 Å². The molecule has 0 radical (unpaired) electrons. The van der Waals surface area contributed by atoms with E-state index in [4.69, 9.17) is 0 Å². The Labute approximate surface area is 479 Å². The molecule has 0 amide bonds. The Bertz CT molecular complexity index is 2430. The molecule has 24 heteroatoms. The van der Waals surface area contributed by atoms with Crippen LogP contribution in [0.15, 0.2) is 0 Å². The summed E-state index contributed by atoms with van der Waals surface area (Å²) in [5.41, 5.74) is 0. The topological polar surface area (TPSA) is 281 Å². The normalized spacial score (nSPS) is 44.9. The van der Waals surface area contributed by atoms with Crippen molar-refractivity contribution in [2.45, 2.75) is 300 Å². The summed E-state index contributed by atoms with van der Waals surface area (Å²) in [5.74, 6) is 0.236. The van der Waals surface area contributed by atoms with Crippen LogP contribution >= 0.6 is 0 Å². The summed E-state index contributed by atoms with van der Waals surface area (Å²) in [6.07, 6.45) is 25.2. The molecule has 8 aliphatic carbocycles. The zero-order valence-corrected chi connectivity index (χ0v) is 50.6. The van der Waals surface area contributed by atoms with Crippen LogP contribution in [-0.2, 0) is 40.1 Å². The van der Waals surface area contributed by atoms with Crippen LogP contribution in [0.3, 0.4) is 0 Å². The fourth-order valence-corrected chi connectivity index (χ4v) is 26.4. The second-order valence-electron chi connectivity index (χ2n) is 28.2. The van der Waals surface area contributed by atoms with Crippen molar-refractivity contribution in [1.29, 1.82) is 0 Å². The van der Waals surface area contributed by atoms with E-state index >= 15 is 0 Å². The second kappa shape index (κ2) is 24.1. The summed E-state index contributed by atoms with van der Waals surface area (Å²) in [6.45, 7) is 0. The van der Waals surface area contributed by atoms with E-state index in [0.717, 1.165) is 141 Å². The van der Waals surface area contributed by atoms with Crippen LogP contribution in [0.4, 0.5) is 0 Å². The highest BCUT2D eigenvalue weighted by Gasteiger charge is 2.58.